The van der Waals surface area contributed by atoms with Gasteiger partial charge in [0.15, 0.2) is 0 Å². The van der Waals surface area contributed by atoms with Crippen molar-refractivity contribution >= 4 is 23.5 Å². The standard InChI is InChI=1S/C17H16N4O4/c1-3-9-21-16(23)14(15(18)20-17(21)24)19-13(22)8-7-11-5-4-6-12(10-11)25-2/h1,4-8,10H,9,18H2,2H3,(H,19,22)(H,20,24)/b8-7+. The number of amides is 1. The van der Waals surface area contributed by atoms with E-state index in [9.17, 15) is 14.4 Å². The minimum absolute atomic E-state index is 0.239. The topological polar surface area (TPSA) is 119 Å². The average molecular weight is 340 g/mol. The zero-order valence-corrected chi connectivity index (χ0v) is 13.4. The van der Waals surface area contributed by atoms with Crippen molar-refractivity contribution in [2.75, 3.05) is 18.2 Å². The van der Waals surface area contributed by atoms with Gasteiger partial charge in [0.1, 0.15) is 17.3 Å². The Morgan fingerprint density at radius 1 is 1.48 bits per heavy atom. The summed E-state index contributed by atoms with van der Waals surface area (Å²) in [5.74, 6) is 1.99. The van der Waals surface area contributed by atoms with E-state index in [4.69, 9.17) is 16.9 Å². The summed E-state index contributed by atoms with van der Waals surface area (Å²) in [6.45, 7) is -0.239. The number of hydrogen-bond acceptors (Lipinski definition) is 5. The predicted octanol–water partition coefficient (Wildman–Crippen LogP) is 0.412. The van der Waals surface area contributed by atoms with E-state index in [2.05, 4.69) is 16.2 Å². The molecule has 0 aliphatic heterocycles. The minimum atomic E-state index is -0.776. The number of aromatic nitrogens is 2. The van der Waals surface area contributed by atoms with Crippen molar-refractivity contribution in [3.05, 3.63) is 56.7 Å². The van der Waals surface area contributed by atoms with Gasteiger partial charge in [0.25, 0.3) is 5.56 Å². The number of nitrogen functional groups attached to an aromatic ring is 1. The Bertz CT molecular complexity index is 979. The number of methoxy groups -OCH3 is 1. The van der Waals surface area contributed by atoms with E-state index >= 15 is 0 Å². The van der Waals surface area contributed by atoms with Crippen LogP contribution in [-0.4, -0.2) is 22.6 Å². The van der Waals surface area contributed by atoms with E-state index in [1.54, 1.807) is 30.3 Å². The summed E-state index contributed by atoms with van der Waals surface area (Å²) in [6.07, 6.45) is 7.89. The maximum absolute atomic E-state index is 12.2. The van der Waals surface area contributed by atoms with Crippen LogP contribution in [0.2, 0.25) is 0 Å². The van der Waals surface area contributed by atoms with Crippen LogP contribution in [0.3, 0.4) is 0 Å². The number of terminal acetylenes is 1. The molecule has 4 N–H and O–H groups in total. The molecule has 2 aromatic rings. The van der Waals surface area contributed by atoms with Gasteiger partial charge in [-0.15, -0.1) is 6.42 Å². The van der Waals surface area contributed by atoms with Crippen LogP contribution in [0.5, 0.6) is 5.75 Å². The minimum Gasteiger partial charge on any atom is -0.497 e. The first-order chi connectivity index (χ1) is 12.0. The van der Waals surface area contributed by atoms with Gasteiger partial charge < -0.3 is 15.8 Å². The normalized spacial score (nSPS) is 10.4. The Balaban J connectivity index is 2.25. The highest BCUT2D eigenvalue weighted by Crippen LogP contribution is 2.14. The number of carbonyl (C=O) groups is 1. The van der Waals surface area contributed by atoms with Crippen molar-refractivity contribution in [3.63, 3.8) is 0 Å². The third-order valence-electron chi connectivity index (χ3n) is 3.23. The second-order valence-electron chi connectivity index (χ2n) is 4.91. The molecule has 0 bridgehead atoms. The molecule has 0 unspecified atom stereocenters. The smallest absolute Gasteiger partial charge is 0.330 e. The van der Waals surface area contributed by atoms with Gasteiger partial charge >= 0.3 is 5.69 Å². The van der Waals surface area contributed by atoms with E-state index in [0.717, 1.165) is 10.1 Å². The van der Waals surface area contributed by atoms with Gasteiger partial charge in [0.05, 0.1) is 13.7 Å². The highest BCUT2D eigenvalue weighted by atomic mass is 16.5. The van der Waals surface area contributed by atoms with Crippen LogP contribution in [0.15, 0.2) is 39.9 Å². The molecule has 0 atom stereocenters. The molecular formula is C17H16N4O4. The van der Waals surface area contributed by atoms with E-state index < -0.39 is 17.2 Å². The summed E-state index contributed by atoms with van der Waals surface area (Å²) in [6, 6.07) is 7.06. The molecule has 25 heavy (non-hydrogen) atoms. The van der Waals surface area contributed by atoms with E-state index in [0.29, 0.717) is 5.75 Å². The molecule has 1 aromatic carbocycles. The zero-order chi connectivity index (χ0) is 18.4. The summed E-state index contributed by atoms with van der Waals surface area (Å²) in [5, 5.41) is 2.35. The summed E-state index contributed by atoms with van der Waals surface area (Å²) in [4.78, 5) is 38.2. The molecule has 0 spiro atoms. The van der Waals surface area contributed by atoms with Gasteiger partial charge in [-0.3, -0.25) is 14.6 Å². The third-order valence-corrected chi connectivity index (χ3v) is 3.23. The Labute approximate surface area is 142 Å². The van der Waals surface area contributed by atoms with Crippen LogP contribution < -0.4 is 27.0 Å². The van der Waals surface area contributed by atoms with Crippen molar-refractivity contribution in [2.45, 2.75) is 6.54 Å². The number of hydrogen-bond donors (Lipinski definition) is 3. The largest absolute Gasteiger partial charge is 0.497 e. The number of carbonyl (C=O) groups excluding carboxylic acids is 1. The number of anilines is 2. The number of nitrogens with zero attached hydrogens (tertiary/aromatic N) is 1. The van der Waals surface area contributed by atoms with Crippen LogP contribution >= 0.6 is 0 Å². The van der Waals surface area contributed by atoms with Gasteiger partial charge in [-0.1, -0.05) is 18.1 Å². The Hall–Kier alpha value is -3.73. The number of nitrogens with two attached hydrogens (primary N) is 1. The van der Waals surface area contributed by atoms with E-state index in [-0.39, 0.29) is 18.1 Å². The highest BCUT2D eigenvalue weighted by molar-refractivity contribution is 6.03. The molecule has 1 aromatic heterocycles. The molecule has 0 aliphatic carbocycles. The molecule has 0 aliphatic rings. The molecule has 1 heterocycles. The van der Waals surface area contributed by atoms with E-state index in [1.807, 2.05) is 0 Å². The summed E-state index contributed by atoms with van der Waals surface area (Å²) >= 11 is 0. The molecule has 128 valence electrons. The zero-order valence-electron chi connectivity index (χ0n) is 13.4. The highest BCUT2D eigenvalue weighted by Gasteiger charge is 2.13. The average Bonchev–Trinajstić information content (AvgIpc) is 2.60. The van der Waals surface area contributed by atoms with Crippen molar-refractivity contribution in [2.24, 2.45) is 0 Å². The Morgan fingerprint density at radius 3 is 2.92 bits per heavy atom. The van der Waals surface area contributed by atoms with Gasteiger partial charge in [-0.2, -0.15) is 0 Å². The lowest BCUT2D eigenvalue weighted by Gasteiger charge is -2.08. The van der Waals surface area contributed by atoms with E-state index in [1.165, 1.54) is 13.2 Å². The number of H-pyrrole nitrogens is 1. The Morgan fingerprint density at radius 2 is 2.24 bits per heavy atom. The third kappa shape index (κ3) is 4.17. The monoisotopic (exact) mass is 340 g/mol. The van der Waals surface area contributed by atoms with Crippen LogP contribution in [0.1, 0.15) is 5.56 Å². The second-order valence-corrected chi connectivity index (χ2v) is 4.91. The van der Waals surface area contributed by atoms with Gasteiger partial charge in [0, 0.05) is 6.08 Å². The van der Waals surface area contributed by atoms with Gasteiger partial charge in [-0.25, -0.2) is 9.36 Å². The second kappa shape index (κ2) is 7.70. The summed E-state index contributed by atoms with van der Waals surface area (Å²) in [7, 11) is 1.54. The Kier molecular flexibility index (Phi) is 5.43. The quantitative estimate of drug-likeness (QED) is 0.538. The van der Waals surface area contributed by atoms with Crippen molar-refractivity contribution < 1.29 is 9.53 Å². The van der Waals surface area contributed by atoms with Crippen molar-refractivity contribution in [1.29, 1.82) is 0 Å². The first kappa shape index (κ1) is 17.6. The van der Waals surface area contributed by atoms with Gasteiger partial charge in [-0.05, 0) is 23.8 Å². The molecule has 2 rings (SSSR count). The van der Waals surface area contributed by atoms with Crippen LogP contribution in [-0.2, 0) is 11.3 Å². The molecule has 0 saturated carbocycles. The fourth-order valence-electron chi connectivity index (χ4n) is 2.03. The summed E-state index contributed by atoms with van der Waals surface area (Å²) < 4.78 is 5.85. The molecule has 0 saturated heterocycles. The molecule has 8 heteroatoms. The number of ether oxygens (including phenoxy) is 1. The predicted molar refractivity (Wildman–Crippen MR) is 95.2 cm³/mol. The molecule has 0 radical (unpaired) electrons. The van der Waals surface area contributed by atoms with Crippen molar-refractivity contribution in [1.82, 2.24) is 9.55 Å². The molecular weight excluding hydrogens is 324 g/mol. The number of nitrogens with one attached hydrogen (secondary N) is 2. The fraction of sp³-hybridized carbons (Fsp3) is 0.118. The van der Waals surface area contributed by atoms with Crippen LogP contribution in [0.25, 0.3) is 6.08 Å². The first-order valence-electron chi connectivity index (χ1n) is 7.15. The SMILES string of the molecule is C#CCn1c(=O)[nH]c(N)c(NC(=O)/C=C/c2cccc(OC)c2)c1=O. The molecule has 8 nitrogen and oxygen atoms in total. The first-order valence-corrected chi connectivity index (χ1v) is 7.15. The maximum Gasteiger partial charge on any atom is 0.330 e. The molecule has 1 amide bonds. The number of aromatic amines is 1. The number of rotatable bonds is 5. The molecule has 0 fully saturated rings. The maximum atomic E-state index is 12.2. The van der Waals surface area contributed by atoms with Crippen molar-refractivity contribution in [3.8, 4) is 18.1 Å². The lowest BCUT2D eigenvalue weighted by atomic mass is 10.2. The summed E-state index contributed by atoms with van der Waals surface area (Å²) in [5.41, 5.74) is 4.57. The van der Waals surface area contributed by atoms with Gasteiger partial charge in [0.2, 0.25) is 5.91 Å². The van der Waals surface area contributed by atoms with Crippen LogP contribution in [0.4, 0.5) is 11.5 Å². The van der Waals surface area contributed by atoms with Crippen LogP contribution in [0, 0.1) is 12.3 Å². The lowest BCUT2D eigenvalue weighted by molar-refractivity contribution is -0.111. The number of benzene rings is 1. The fourth-order valence-corrected chi connectivity index (χ4v) is 2.03. The lowest BCUT2D eigenvalue weighted by Crippen LogP contribution is -2.37.